The molecule has 0 spiro atoms. The van der Waals surface area contributed by atoms with Crippen LogP contribution < -0.4 is 5.73 Å². The van der Waals surface area contributed by atoms with Gasteiger partial charge in [0, 0.05) is 6.26 Å². The number of rotatable bonds is 2. The van der Waals surface area contributed by atoms with Gasteiger partial charge in [0.2, 0.25) is 21.6 Å². The Hall–Kier alpha value is -2.49. The molecular formula is C10H10N6O3S. The molecule has 0 saturated carbocycles. The topological polar surface area (TPSA) is 129 Å². The highest BCUT2D eigenvalue weighted by Crippen LogP contribution is 2.19. The van der Waals surface area contributed by atoms with Crippen molar-refractivity contribution in [3.8, 4) is 11.6 Å². The smallest absolute Gasteiger partial charge is 0.258 e. The predicted molar refractivity (Wildman–Crippen MR) is 68.5 cm³/mol. The summed E-state index contributed by atoms with van der Waals surface area (Å²) in [4.78, 5) is 11.6. The number of nitrogens with zero attached hydrogens (tertiary/aromatic N) is 5. The summed E-state index contributed by atoms with van der Waals surface area (Å²) in [5.74, 6) is 1.33. The van der Waals surface area contributed by atoms with E-state index >= 15 is 0 Å². The zero-order chi connectivity index (χ0) is 14.5. The van der Waals surface area contributed by atoms with Crippen LogP contribution in [0.25, 0.3) is 17.4 Å². The fourth-order valence-electron chi connectivity index (χ4n) is 1.61. The molecule has 0 saturated heterocycles. The van der Waals surface area contributed by atoms with E-state index < -0.39 is 15.0 Å². The van der Waals surface area contributed by atoms with Gasteiger partial charge in [-0.15, -0.1) is 5.10 Å². The Morgan fingerprint density at radius 3 is 2.60 bits per heavy atom. The Morgan fingerprint density at radius 2 is 2.00 bits per heavy atom. The summed E-state index contributed by atoms with van der Waals surface area (Å²) >= 11 is 0. The van der Waals surface area contributed by atoms with Crippen molar-refractivity contribution >= 4 is 21.6 Å². The first-order valence-corrected chi connectivity index (χ1v) is 7.41. The quantitative estimate of drug-likeness (QED) is 0.703. The first kappa shape index (κ1) is 12.5. The van der Waals surface area contributed by atoms with E-state index in [0.717, 1.165) is 10.8 Å². The van der Waals surface area contributed by atoms with Crippen LogP contribution in [0.4, 0.5) is 5.95 Å². The van der Waals surface area contributed by atoms with Crippen LogP contribution in [-0.4, -0.2) is 39.2 Å². The van der Waals surface area contributed by atoms with E-state index in [-0.39, 0.29) is 17.6 Å². The van der Waals surface area contributed by atoms with E-state index in [1.807, 2.05) is 0 Å². The number of furan rings is 1. The molecule has 20 heavy (non-hydrogen) atoms. The molecule has 3 aromatic rings. The Balaban J connectivity index is 2.23. The van der Waals surface area contributed by atoms with Crippen molar-refractivity contribution in [2.75, 3.05) is 12.0 Å². The molecule has 0 atom stereocenters. The van der Waals surface area contributed by atoms with Crippen LogP contribution in [0.15, 0.2) is 21.7 Å². The Kier molecular flexibility index (Phi) is 2.51. The lowest BCUT2D eigenvalue weighted by Crippen LogP contribution is -2.11. The number of nitrogen functional groups attached to an aromatic ring is 1. The number of hydrogen-bond acceptors (Lipinski definition) is 8. The third-order valence-electron chi connectivity index (χ3n) is 2.51. The van der Waals surface area contributed by atoms with Crippen LogP contribution in [0.5, 0.6) is 0 Å². The molecule has 0 aromatic carbocycles. The lowest BCUT2D eigenvalue weighted by atomic mass is 10.4. The normalized spacial score (nSPS) is 12.1. The summed E-state index contributed by atoms with van der Waals surface area (Å²) in [5, 5.41) is 3.69. The largest absolute Gasteiger partial charge is 0.458 e. The summed E-state index contributed by atoms with van der Waals surface area (Å²) in [6, 6.07) is 3.46. The second-order valence-corrected chi connectivity index (χ2v) is 6.10. The number of hydrogen-bond donors (Lipinski definition) is 1. The average molecular weight is 294 g/mol. The van der Waals surface area contributed by atoms with E-state index in [2.05, 4.69) is 20.1 Å². The number of sulfone groups is 1. The summed E-state index contributed by atoms with van der Waals surface area (Å²) in [7, 11) is -3.57. The van der Waals surface area contributed by atoms with Crippen molar-refractivity contribution in [2.24, 2.45) is 0 Å². The van der Waals surface area contributed by atoms with Gasteiger partial charge in [-0.3, -0.25) is 0 Å². The molecule has 3 aromatic heterocycles. The van der Waals surface area contributed by atoms with Gasteiger partial charge < -0.3 is 10.2 Å². The van der Waals surface area contributed by atoms with Gasteiger partial charge in [-0.05, 0) is 19.1 Å². The third kappa shape index (κ3) is 1.99. The summed E-state index contributed by atoms with van der Waals surface area (Å²) in [5.41, 5.74) is 5.66. The van der Waals surface area contributed by atoms with Crippen molar-refractivity contribution in [1.82, 2.24) is 24.6 Å². The molecule has 9 nitrogen and oxygen atoms in total. The highest BCUT2D eigenvalue weighted by atomic mass is 32.2. The fourth-order valence-corrected chi connectivity index (χ4v) is 2.12. The van der Waals surface area contributed by atoms with Crippen LogP contribution >= 0.6 is 0 Å². The molecule has 0 fully saturated rings. The van der Waals surface area contributed by atoms with E-state index in [9.17, 15) is 8.42 Å². The van der Waals surface area contributed by atoms with Crippen molar-refractivity contribution in [2.45, 2.75) is 12.1 Å². The molecule has 0 unspecified atom stereocenters. The number of anilines is 1. The molecule has 2 N–H and O–H groups in total. The minimum atomic E-state index is -3.57. The summed E-state index contributed by atoms with van der Waals surface area (Å²) in [6.07, 6.45) is 0.992. The molecule has 3 rings (SSSR count). The van der Waals surface area contributed by atoms with Gasteiger partial charge >= 0.3 is 0 Å². The van der Waals surface area contributed by atoms with Gasteiger partial charge in [0.05, 0.1) is 0 Å². The van der Waals surface area contributed by atoms with Crippen molar-refractivity contribution in [3.63, 3.8) is 0 Å². The van der Waals surface area contributed by atoms with E-state index in [1.54, 1.807) is 19.1 Å². The standard InChI is InChI=1S/C10H10N6O3S/c1-5-3-4-6(19-5)7-12-9-14-10(20(2,17)18)13-8(11)16(9)15-7/h3-4H,1-2H3,(H2,11,12,13,14,15). The lowest BCUT2D eigenvalue weighted by Gasteiger charge is -1.99. The minimum absolute atomic E-state index is 0.0435. The van der Waals surface area contributed by atoms with Crippen LogP contribution in [0.3, 0.4) is 0 Å². The van der Waals surface area contributed by atoms with Crippen molar-refractivity contribution < 1.29 is 12.8 Å². The molecule has 0 radical (unpaired) electrons. The number of aromatic nitrogens is 5. The molecule has 0 aliphatic carbocycles. The van der Waals surface area contributed by atoms with Crippen LogP contribution in [-0.2, 0) is 9.84 Å². The molecule has 0 amide bonds. The third-order valence-corrected chi connectivity index (χ3v) is 3.35. The molecule has 3 heterocycles. The Labute approximate surface area is 113 Å². The van der Waals surface area contributed by atoms with E-state index in [4.69, 9.17) is 10.2 Å². The Morgan fingerprint density at radius 1 is 1.25 bits per heavy atom. The summed E-state index contributed by atoms with van der Waals surface area (Å²) < 4.78 is 29.5. The zero-order valence-electron chi connectivity index (χ0n) is 10.6. The molecule has 104 valence electrons. The first-order valence-electron chi connectivity index (χ1n) is 5.52. The number of nitrogens with two attached hydrogens (primary N) is 1. The van der Waals surface area contributed by atoms with Gasteiger partial charge in [-0.2, -0.15) is 19.5 Å². The van der Waals surface area contributed by atoms with Crippen LogP contribution in [0.1, 0.15) is 5.76 Å². The molecule has 0 bridgehead atoms. The van der Waals surface area contributed by atoms with Gasteiger partial charge in [0.25, 0.3) is 10.9 Å². The van der Waals surface area contributed by atoms with Gasteiger partial charge in [0.1, 0.15) is 5.76 Å². The van der Waals surface area contributed by atoms with Gasteiger partial charge in [-0.1, -0.05) is 0 Å². The monoisotopic (exact) mass is 294 g/mol. The van der Waals surface area contributed by atoms with Crippen LogP contribution in [0.2, 0.25) is 0 Å². The second-order valence-electron chi connectivity index (χ2n) is 4.19. The maximum Gasteiger partial charge on any atom is 0.258 e. The summed E-state index contributed by atoms with van der Waals surface area (Å²) in [6.45, 7) is 1.79. The van der Waals surface area contributed by atoms with Gasteiger partial charge in [-0.25, -0.2) is 8.42 Å². The Bertz CT molecular complexity index is 910. The highest BCUT2D eigenvalue weighted by molar-refractivity contribution is 7.90. The average Bonchev–Trinajstić information content (AvgIpc) is 2.93. The molecule has 0 aliphatic rings. The maximum atomic E-state index is 11.5. The minimum Gasteiger partial charge on any atom is -0.458 e. The molecular weight excluding hydrogens is 284 g/mol. The fraction of sp³-hybridized carbons (Fsp3) is 0.200. The number of fused-ring (bicyclic) bond motifs is 1. The SMILES string of the molecule is Cc1ccc(-c2nc3nc(S(C)(=O)=O)nc(N)n3n2)o1. The lowest BCUT2D eigenvalue weighted by molar-refractivity contribution is 0.544. The predicted octanol–water partition coefficient (Wildman–Crippen LogP) is 0.0734. The first-order chi connectivity index (χ1) is 9.34. The molecule has 10 heteroatoms. The van der Waals surface area contributed by atoms with E-state index in [0.29, 0.717) is 11.5 Å². The van der Waals surface area contributed by atoms with Crippen molar-refractivity contribution in [3.05, 3.63) is 17.9 Å². The second kappa shape index (κ2) is 4.00. The maximum absolute atomic E-state index is 11.5. The zero-order valence-corrected chi connectivity index (χ0v) is 11.4. The molecule has 0 aliphatic heterocycles. The van der Waals surface area contributed by atoms with Gasteiger partial charge in [0.15, 0.2) is 5.76 Å². The van der Waals surface area contributed by atoms with Crippen LogP contribution in [0, 0.1) is 6.92 Å². The highest BCUT2D eigenvalue weighted by Gasteiger charge is 2.18. The van der Waals surface area contributed by atoms with Crippen molar-refractivity contribution in [1.29, 1.82) is 0 Å². The van der Waals surface area contributed by atoms with E-state index in [1.165, 1.54) is 0 Å². The number of aryl methyl sites for hydroxylation is 1.